The summed E-state index contributed by atoms with van der Waals surface area (Å²) in [6.45, 7) is 4.44. The lowest BCUT2D eigenvalue weighted by atomic mass is 10.1. The molecule has 0 radical (unpaired) electrons. The third-order valence-electron chi connectivity index (χ3n) is 5.16. The summed E-state index contributed by atoms with van der Waals surface area (Å²) in [5.41, 5.74) is 3.49. The van der Waals surface area contributed by atoms with Crippen LogP contribution in [-0.4, -0.2) is 61.6 Å². The van der Waals surface area contributed by atoms with Crippen LogP contribution in [-0.2, 0) is 10.0 Å². The second-order valence-electron chi connectivity index (χ2n) is 7.63. The van der Waals surface area contributed by atoms with Crippen LogP contribution in [0.15, 0.2) is 42.5 Å². The SMILES string of the molecule is Cc1ccc(NS(C)(=O)=O)c(C(=O)N2CCCN(c3nc4ccccc4[nH]3)CC2)c1. The summed E-state index contributed by atoms with van der Waals surface area (Å²) in [6, 6.07) is 13.1. The van der Waals surface area contributed by atoms with Crippen LogP contribution >= 0.6 is 0 Å². The molecule has 1 fully saturated rings. The van der Waals surface area contributed by atoms with Crippen molar-refractivity contribution in [2.75, 3.05) is 42.1 Å². The van der Waals surface area contributed by atoms with Crippen molar-refractivity contribution in [1.82, 2.24) is 14.9 Å². The van der Waals surface area contributed by atoms with Gasteiger partial charge in [-0.3, -0.25) is 9.52 Å². The number of nitrogens with zero attached hydrogens (tertiary/aromatic N) is 3. The molecule has 3 aromatic rings. The number of aryl methyl sites for hydroxylation is 1. The van der Waals surface area contributed by atoms with Gasteiger partial charge in [0.15, 0.2) is 0 Å². The smallest absolute Gasteiger partial charge is 0.256 e. The molecule has 30 heavy (non-hydrogen) atoms. The Kier molecular flexibility index (Phi) is 5.38. The number of imidazole rings is 1. The van der Waals surface area contributed by atoms with Gasteiger partial charge in [0.2, 0.25) is 16.0 Å². The fourth-order valence-corrected chi connectivity index (χ4v) is 4.29. The quantitative estimate of drug-likeness (QED) is 0.667. The van der Waals surface area contributed by atoms with Gasteiger partial charge in [-0.15, -0.1) is 0 Å². The third kappa shape index (κ3) is 4.40. The van der Waals surface area contributed by atoms with Gasteiger partial charge in [-0.25, -0.2) is 13.4 Å². The van der Waals surface area contributed by atoms with Gasteiger partial charge in [0.25, 0.3) is 5.91 Å². The average molecular weight is 428 g/mol. The first kappa shape index (κ1) is 20.2. The van der Waals surface area contributed by atoms with Gasteiger partial charge in [-0.05, 0) is 37.6 Å². The molecule has 1 aliphatic heterocycles. The Balaban J connectivity index is 1.53. The van der Waals surface area contributed by atoms with E-state index in [1.165, 1.54) is 0 Å². The molecular weight excluding hydrogens is 402 g/mol. The van der Waals surface area contributed by atoms with Gasteiger partial charge in [0, 0.05) is 26.2 Å². The van der Waals surface area contributed by atoms with Gasteiger partial charge in [-0.1, -0.05) is 23.8 Å². The minimum Gasteiger partial charge on any atom is -0.341 e. The van der Waals surface area contributed by atoms with E-state index in [0.29, 0.717) is 30.9 Å². The second kappa shape index (κ2) is 7.98. The highest BCUT2D eigenvalue weighted by atomic mass is 32.2. The van der Waals surface area contributed by atoms with E-state index < -0.39 is 10.0 Å². The van der Waals surface area contributed by atoms with E-state index in [2.05, 4.69) is 19.6 Å². The molecule has 0 unspecified atom stereocenters. The molecule has 158 valence electrons. The Hall–Kier alpha value is -3.07. The van der Waals surface area contributed by atoms with Gasteiger partial charge in [-0.2, -0.15) is 0 Å². The van der Waals surface area contributed by atoms with Crippen molar-refractivity contribution in [3.8, 4) is 0 Å². The number of nitrogens with one attached hydrogen (secondary N) is 2. The number of carbonyl (C=O) groups is 1. The van der Waals surface area contributed by atoms with E-state index in [4.69, 9.17) is 0 Å². The van der Waals surface area contributed by atoms with Crippen LogP contribution in [0.4, 0.5) is 11.6 Å². The molecule has 2 heterocycles. The summed E-state index contributed by atoms with van der Waals surface area (Å²) in [6.07, 6.45) is 1.88. The monoisotopic (exact) mass is 427 g/mol. The largest absolute Gasteiger partial charge is 0.341 e. The number of anilines is 2. The summed E-state index contributed by atoms with van der Waals surface area (Å²) in [7, 11) is -3.48. The third-order valence-corrected chi connectivity index (χ3v) is 5.75. The number of fused-ring (bicyclic) bond motifs is 1. The molecule has 0 atom stereocenters. The summed E-state index contributed by atoms with van der Waals surface area (Å²) < 4.78 is 25.9. The highest BCUT2D eigenvalue weighted by Gasteiger charge is 2.24. The van der Waals surface area contributed by atoms with Crippen molar-refractivity contribution >= 4 is 38.6 Å². The average Bonchev–Trinajstić information content (AvgIpc) is 2.97. The lowest BCUT2D eigenvalue weighted by molar-refractivity contribution is 0.0768. The molecule has 1 saturated heterocycles. The normalized spacial score (nSPS) is 15.3. The van der Waals surface area contributed by atoms with E-state index >= 15 is 0 Å². The first-order chi connectivity index (χ1) is 14.3. The molecule has 2 N–H and O–H groups in total. The van der Waals surface area contributed by atoms with E-state index in [1.54, 1.807) is 23.1 Å². The number of amides is 1. The Morgan fingerprint density at radius 3 is 2.67 bits per heavy atom. The number of aromatic amines is 1. The zero-order valence-electron chi connectivity index (χ0n) is 17.1. The summed E-state index contributed by atoms with van der Waals surface area (Å²) in [5.74, 6) is 0.636. The van der Waals surface area contributed by atoms with Crippen molar-refractivity contribution < 1.29 is 13.2 Å². The van der Waals surface area contributed by atoms with Crippen molar-refractivity contribution in [3.05, 3.63) is 53.6 Å². The zero-order valence-corrected chi connectivity index (χ0v) is 17.9. The van der Waals surface area contributed by atoms with Crippen molar-refractivity contribution in [2.24, 2.45) is 0 Å². The number of rotatable bonds is 4. The number of benzene rings is 2. The number of sulfonamides is 1. The first-order valence-corrected chi connectivity index (χ1v) is 11.8. The molecule has 1 aliphatic rings. The fourth-order valence-electron chi connectivity index (χ4n) is 3.72. The Morgan fingerprint density at radius 2 is 1.90 bits per heavy atom. The topological polar surface area (TPSA) is 98.4 Å². The standard InChI is InChI=1S/C21H25N5O3S/c1-15-8-9-17(24-30(2,28)29)16(14-15)20(27)25-10-5-11-26(13-12-25)21-22-18-6-3-4-7-19(18)23-21/h3-4,6-9,14,24H,5,10-13H2,1-2H3,(H,22,23). The molecule has 0 aliphatic carbocycles. The van der Waals surface area contributed by atoms with Crippen LogP contribution in [0, 0.1) is 6.92 Å². The van der Waals surface area contributed by atoms with Crippen LogP contribution in [0.3, 0.4) is 0 Å². The lowest BCUT2D eigenvalue weighted by Crippen LogP contribution is -2.36. The minimum absolute atomic E-state index is 0.170. The number of aromatic nitrogens is 2. The molecule has 1 aromatic heterocycles. The van der Waals surface area contributed by atoms with Crippen LogP contribution in [0.5, 0.6) is 0 Å². The predicted octanol–water partition coefficient (Wildman–Crippen LogP) is 2.60. The molecule has 4 rings (SSSR count). The maximum absolute atomic E-state index is 13.2. The highest BCUT2D eigenvalue weighted by Crippen LogP contribution is 2.23. The maximum atomic E-state index is 13.2. The molecule has 9 heteroatoms. The number of hydrogen-bond donors (Lipinski definition) is 2. The number of H-pyrrole nitrogens is 1. The Morgan fingerprint density at radius 1 is 1.10 bits per heavy atom. The number of carbonyl (C=O) groups excluding carboxylic acids is 1. The fraction of sp³-hybridized carbons (Fsp3) is 0.333. The van der Waals surface area contributed by atoms with Crippen LogP contribution < -0.4 is 9.62 Å². The van der Waals surface area contributed by atoms with Gasteiger partial charge in [0.05, 0.1) is 28.5 Å². The molecule has 0 spiro atoms. The number of para-hydroxylation sites is 2. The van der Waals surface area contributed by atoms with Gasteiger partial charge < -0.3 is 14.8 Å². The molecule has 2 aromatic carbocycles. The van der Waals surface area contributed by atoms with E-state index in [-0.39, 0.29) is 5.91 Å². The zero-order chi connectivity index (χ0) is 21.3. The summed E-state index contributed by atoms with van der Waals surface area (Å²) in [4.78, 5) is 25.2. The van der Waals surface area contributed by atoms with E-state index in [1.807, 2.05) is 31.2 Å². The van der Waals surface area contributed by atoms with Gasteiger partial charge in [0.1, 0.15) is 0 Å². The summed E-state index contributed by atoms with van der Waals surface area (Å²) >= 11 is 0. The van der Waals surface area contributed by atoms with E-state index in [0.717, 1.165) is 41.8 Å². The Labute approximate surface area is 176 Å². The minimum atomic E-state index is -3.48. The maximum Gasteiger partial charge on any atom is 0.256 e. The van der Waals surface area contributed by atoms with Crippen molar-refractivity contribution in [1.29, 1.82) is 0 Å². The van der Waals surface area contributed by atoms with Crippen LogP contribution in [0.25, 0.3) is 11.0 Å². The molecule has 1 amide bonds. The lowest BCUT2D eigenvalue weighted by Gasteiger charge is -2.23. The first-order valence-electron chi connectivity index (χ1n) is 9.87. The van der Waals surface area contributed by atoms with E-state index in [9.17, 15) is 13.2 Å². The molecule has 0 bridgehead atoms. The molecule has 8 nitrogen and oxygen atoms in total. The van der Waals surface area contributed by atoms with Crippen molar-refractivity contribution in [3.63, 3.8) is 0 Å². The predicted molar refractivity (Wildman–Crippen MR) is 118 cm³/mol. The van der Waals surface area contributed by atoms with Crippen molar-refractivity contribution in [2.45, 2.75) is 13.3 Å². The second-order valence-corrected chi connectivity index (χ2v) is 9.38. The number of hydrogen-bond acceptors (Lipinski definition) is 5. The molecular formula is C21H25N5O3S. The van der Waals surface area contributed by atoms with Crippen LogP contribution in [0.1, 0.15) is 22.3 Å². The summed E-state index contributed by atoms with van der Waals surface area (Å²) in [5, 5.41) is 0. The Bertz CT molecular complexity index is 1160. The van der Waals surface area contributed by atoms with Gasteiger partial charge >= 0.3 is 0 Å². The highest BCUT2D eigenvalue weighted by molar-refractivity contribution is 7.92. The molecule has 0 saturated carbocycles. The van der Waals surface area contributed by atoms with Crippen LogP contribution in [0.2, 0.25) is 0 Å².